The quantitative estimate of drug-likeness (QED) is 0.757. The molecule has 1 fully saturated rings. The second-order valence-electron chi connectivity index (χ2n) is 8.19. The Labute approximate surface area is 153 Å². The van der Waals surface area contributed by atoms with Crippen LogP contribution in [0.1, 0.15) is 53.4 Å². The predicted octanol–water partition coefficient (Wildman–Crippen LogP) is 4.31. The third-order valence-corrected chi connectivity index (χ3v) is 20.5. The third kappa shape index (κ3) is 3.58. The van der Waals surface area contributed by atoms with Gasteiger partial charge in [-0.3, -0.25) is 0 Å². The fourth-order valence-electron chi connectivity index (χ4n) is 5.00. The molecule has 2 aliphatic rings. The molecule has 130 valence electrons. The Morgan fingerprint density at radius 3 is 2.17 bits per heavy atom. The van der Waals surface area contributed by atoms with Crippen molar-refractivity contribution < 1.29 is 16.1 Å². The summed E-state index contributed by atoms with van der Waals surface area (Å²) in [4.78, 5) is 0. The molecule has 0 amide bonds. The fraction of sp³-hybridized carbons (Fsp3) is 0.524. The molecule has 0 radical (unpaired) electrons. The summed E-state index contributed by atoms with van der Waals surface area (Å²) in [6, 6.07) is 12.2. The van der Waals surface area contributed by atoms with Crippen LogP contribution in [-0.4, -0.2) is 13.4 Å². The first-order chi connectivity index (χ1) is 11.4. The normalized spacial score (nSPS) is 25.3. The molecular weight excluding hydrogens is 342 g/mol. The second kappa shape index (κ2) is 7.45. The maximum atomic E-state index is 4.35. The van der Waals surface area contributed by atoms with Crippen LogP contribution in [0, 0.1) is 5.92 Å². The molecule has 1 saturated carbocycles. The van der Waals surface area contributed by atoms with E-state index in [-0.39, 0.29) is 7.39 Å². The van der Waals surface area contributed by atoms with Gasteiger partial charge in [-0.25, -0.2) is 0 Å². The number of benzene rings is 1. The number of allylic oxidation sites excluding steroid dienone is 4. The molecule has 24 heavy (non-hydrogen) atoms. The number of rotatable bonds is 5. The monoisotopic (exact) mass is 375 g/mol. The van der Waals surface area contributed by atoms with Crippen molar-refractivity contribution in [2.24, 2.45) is 5.92 Å². The van der Waals surface area contributed by atoms with E-state index in [0.29, 0.717) is 5.92 Å². The van der Waals surface area contributed by atoms with Crippen molar-refractivity contribution in [1.29, 1.82) is 0 Å². The molecule has 0 aromatic heterocycles. The van der Waals surface area contributed by atoms with Gasteiger partial charge in [-0.05, 0) is 0 Å². The Morgan fingerprint density at radius 2 is 1.62 bits per heavy atom. The van der Waals surface area contributed by atoms with Crippen LogP contribution in [0.15, 0.2) is 50.9 Å². The maximum absolute atomic E-state index is 4.35. The number of nitrogens with one attached hydrogen (secondary N) is 1. The Balaban J connectivity index is 1.96. The average molecular weight is 375 g/mol. The number of hydrogen-bond donors (Lipinski definition) is 1. The Bertz CT molecular complexity index is 658. The molecule has 0 bridgehead atoms. The fourth-order valence-corrected chi connectivity index (χ4v) is 22.0. The summed E-state index contributed by atoms with van der Waals surface area (Å²) in [5, 5.41) is 4.35. The first kappa shape index (κ1) is 18.4. The van der Waals surface area contributed by atoms with Gasteiger partial charge in [0.25, 0.3) is 0 Å². The summed E-state index contributed by atoms with van der Waals surface area (Å²) in [6.45, 7) is 9.57. The molecule has 0 saturated heterocycles. The zero-order chi connectivity index (χ0) is 17.3. The standard InChI is InChI=1S/C9H13.C6H7Si.C5H10N.CH3.Ti/c1-6-5-7(2)9(4)8(6)3;7-6-4-2-1-3-5-6;6-5-3-1-2-4-5;;/h6H,1-4H3;1-5H,7H2;5-6H,1-4H2;1H3;/q;;-1;;+1. The van der Waals surface area contributed by atoms with E-state index in [1.807, 2.05) is 3.88 Å². The van der Waals surface area contributed by atoms with Gasteiger partial charge in [0.05, 0.1) is 0 Å². The first-order valence-electron chi connectivity index (χ1n) is 9.63. The van der Waals surface area contributed by atoms with Gasteiger partial charge in [-0.15, -0.1) is 0 Å². The summed E-state index contributed by atoms with van der Waals surface area (Å²) >= 11 is -2.23. The minimum atomic E-state index is -2.23. The van der Waals surface area contributed by atoms with Crippen molar-refractivity contribution in [1.82, 2.24) is 3.80 Å². The van der Waals surface area contributed by atoms with E-state index in [0.717, 1.165) is 6.04 Å². The van der Waals surface area contributed by atoms with Crippen LogP contribution in [0.5, 0.6) is 0 Å². The molecule has 1 aromatic rings. The molecule has 1 N–H and O–H groups in total. The topological polar surface area (TPSA) is 12.0 Å². The van der Waals surface area contributed by atoms with E-state index in [1.54, 1.807) is 21.9 Å². The van der Waals surface area contributed by atoms with Gasteiger partial charge in [0.2, 0.25) is 0 Å². The van der Waals surface area contributed by atoms with Crippen LogP contribution < -0.4 is 8.99 Å². The zero-order valence-corrected chi connectivity index (χ0v) is 19.1. The van der Waals surface area contributed by atoms with Crippen LogP contribution in [0.2, 0.25) is 5.23 Å². The minimum absolute atomic E-state index is 0.274. The molecule has 2 atom stereocenters. The summed E-state index contributed by atoms with van der Waals surface area (Å²) in [7, 11) is -0.274. The first-order valence-corrected chi connectivity index (χ1v) is 17.5. The molecule has 2 unspecified atom stereocenters. The molecule has 1 aromatic carbocycles. The van der Waals surface area contributed by atoms with Crippen LogP contribution in [0.25, 0.3) is 0 Å². The van der Waals surface area contributed by atoms with Gasteiger partial charge in [-0.1, -0.05) is 0 Å². The summed E-state index contributed by atoms with van der Waals surface area (Å²) in [6.07, 6.45) is 5.64. The molecule has 0 spiro atoms. The second-order valence-corrected chi connectivity index (χ2v) is 22.3. The van der Waals surface area contributed by atoms with E-state index in [1.165, 1.54) is 25.7 Å². The van der Waals surface area contributed by atoms with Gasteiger partial charge >= 0.3 is 154 Å². The number of hydrogen-bond acceptors (Lipinski definition) is 1. The van der Waals surface area contributed by atoms with Crippen LogP contribution in [0.3, 0.4) is 0 Å². The van der Waals surface area contributed by atoms with E-state index in [9.17, 15) is 0 Å². The van der Waals surface area contributed by atoms with Gasteiger partial charge in [0, 0.05) is 0 Å². The van der Waals surface area contributed by atoms with Crippen molar-refractivity contribution >= 4 is 12.6 Å². The summed E-state index contributed by atoms with van der Waals surface area (Å²) in [5.74, 6) is 0.667. The molecule has 3 heteroatoms. The molecular formula is C21H33NSiTi. The third-order valence-electron chi connectivity index (χ3n) is 6.51. The SMILES string of the molecule is CC1=C(C)C(C)[C]([Ti]([CH3])([NH]C2CCCC2)[SiH2]c2ccccc2)=C1C. The van der Waals surface area contributed by atoms with Crippen LogP contribution in [-0.2, 0) is 16.1 Å². The molecule has 2 aliphatic carbocycles. The van der Waals surface area contributed by atoms with Crippen LogP contribution >= 0.6 is 0 Å². The van der Waals surface area contributed by atoms with Gasteiger partial charge in [0.1, 0.15) is 0 Å². The Morgan fingerprint density at radius 1 is 1.00 bits per heavy atom. The van der Waals surface area contributed by atoms with E-state index >= 15 is 0 Å². The van der Waals surface area contributed by atoms with Crippen molar-refractivity contribution in [3.63, 3.8) is 0 Å². The van der Waals surface area contributed by atoms with Crippen molar-refractivity contribution in [2.75, 3.05) is 0 Å². The van der Waals surface area contributed by atoms with Gasteiger partial charge < -0.3 is 0 Å². The van der Waals surface area contributed by atoms with Crippen molar-refractivity contribution in [3.05, 3.63) is 50.9 Å². The van der Waals surface area contributed by atoms with Crippen molar-refractivity contribution in [3.8, 4) is 0 Å². The Kier molecular flexibility index (Phi) is 5.71. The van der Waals surface area contributed by atoms with Gasteiger partial charge in [0.15, 0.2) is 0 Å². The molecule has 1 nitrogen and oxygen atoms in total. The average Bonchev–Trinajstić information content (AvgIpc) is 3.12. The van der Waals surface area contributed by atoms with Gasteiger partial charge in [-0.2, -0.15) is 0 Å². The van der Waals surface area contributed by atoms with E-state index < -0.39 is 16.1 Å². The molecule has 3 rings (SSSR count). The van der Waals surface area contributed by atoms with E-state index in [2.05, 4.69) is 67.1 Å². The molecule has 0 aliphatic heterocycles. The predicted molar refractivity (Wildman–Crippen MR) is 106 cm³/mol. The van der Waals surface area contributed by atoms with Crippen molar-refractivity contribution in [2.45, 2.75) is 64.6 Å². The zero-order valence-electron chi connectivity index (χ0n) is 16.1. The van der Waals surface area contributed by atoms with E-state index in [4.69, 9.17) is 0 Å². The summed E-state index contributed by atoms with van der Waals surface area (Å²) < 4.78 is 6.22. The Hall–Kier alpha value is -0.409. The van der Waals surface area contributed by atoms with Crippen LogP contribution in [0.4, 0.5) is 0 Å². The molecule has 0 heterocycles. The summed E-state index contributed by atoms with van der Waals surface area (Å²) in [5.41, 5.74) is 4.83.